The normalized spacial score (nSPS) is 10.4. The molecular weight excluding hydrogens is 277 g/mol. The SMILES string of the molecule is Cc1cc(Cl)nc(Cl)c1NC(=O)c1ocnc1C. The molecule has 0 saturated carbocycles. The van der Waals surface area contributed by atoms with Crippen LogP contribution in [0.2, 0.25) is 10.3 Å². The molecular formula is C11H9Cl2N3O2. The Kier molecular flexibility index (Phi) is 3.54. The van der Waals surface area contributed by atoms with Crippen molar-refractivity contribution < 1.29 is 9.21 Å². The summed E-state index contributed by atoms with van der Waals surface area (Å²) in [5.74, 6) is -0.292. The van der Waals surface area contributed by atoms with Gasteiger partial charge in [-0.25, -0.2) is 9.97 Å². The molecule has 0 unspecified atom stereocenters. The van der Waals surface area contributed by atoms with Crippen molar-refractivity contribution in [3.63, 3.8) is 0 Å². The Bertz CT molecular complexity index is 587. The van der Waals surface area contributed by atoms with Crippen LogP contribution in [0.15, 0.2) is 16.9 Å². The highest BCUT2D eigenvalue weighted by atomic mass is 35.5. The van der Waals surface area contributed by atoms with Gasteiger partial charge in [-0.05, 0) is 25.5 Å². The maximum Gasteiger partial charge on any atom is 0.293 e. The van der Waals surface area contributed by atoms with Gasteiger partial charge in [0.05, 0.1) is 11.4 Å². The molecule has 1 amide bonds. The van der Waals surface area contributed by atoms with E-state index in [1.54, 1.807) is 19.9 Å². The standard InChI is InChI=1S/C11H9Cl2N3O2/c1-5-3-7(12)15-10(13)8(5)16-11(17)9-6(2)14-4-18-9/h3-4H,1-2H3,(H,16,17). The van der Waals surface area contributed by atoms with Crippen molar-refractivity contribution in [3.8, 4) is 0 Å². The first-order valence-corrected chi connectivity index (χ1v) is 5.78. The fourth-order valence-electron chi connectivity index (χ4n) is 1.44. The molecule has 7 heteroatoms. The minimum atomic E-state index is -0.431. The number of oxazole rings is 1. The van der Waals surface area contributed by atoms with Crippen LogP contribution in [0.3, 0.4) is 0 Å². The third-order valence-corrected chi connectivity index (χ3v) is 2.80. The Hall–Kier alpha value is -1.59. The third-order valence-electron chi connectivity index (χ3n) is 2.33. The van der Waals surface area contributed by atoms with E-state index in [1.807, 2.05) is 0 Å². The first-order valence-electron chi connectivity index (χ1n) is 5.03. The van der Waals surface area contributed by atoms with Crippen molar-refractivity contribution in [1.29, 1.82) is 0 Å². The molecule has 0 radical (unpaired) electrons. The summed E-state index contributed by atoms with van der Waals surface area (Å²) in [6.07, 6.45) is 1.21. The van der Waals surface area contributed by atoms with E-state index in [-0.39, 0.29) is 16.1 Å². The molecule has 2 aromatic heterocycles. The van der Waals surface area contributed by atoms with Gasteiger partial charge < -0.3 is 9.73 Å². The van der Waals surface area contributed by atoms with E-state index in [4.69, 9.17) is 27.6 Å². The fraction of sp³-hybridized carbons (Fsp3) is 0.182. The van der Waals surface area contributed by atoms with Gasteiger partial charge in [-0.2, -0.15) is 0 Å². The second-order valence-electron chi connectivity index (χ2n) is 3.65. The number of aryl methyl sites for hydroxylation is 2. The minimum absolute atomic E-state index is 0.130. The number of pyridine rings is 1. The van der Waals surface area contributed by atoms with Crippen LogP contribution in [0.5, 0.6) is 0 Å². The topological polar surface area (TPSA) is 68.0 Å². The van der Waals surface area contributed by atoms with E-state index < -0.39 is 5.91 Å². The van der Waals surface area contributed by atoms with Crippen LogP contribution in [0.4, 0.5) is 5.69 Å². The average molecular weight is 286 g/mol. The predicted octanol–water partition coefficient (Wildman–Crippen LogP) is 3.25. The molecule has 0 aliphatic carbocycles. The number of amides is 1. The molecule has 0 spiro atoms. The number of carbonyl (C=O) groups excluding carboxylic acids is 1. The lowest BCUT2D eigenvalue weighted by Gasteiger charge is -2.09. The lowest BCUT2D eigenvalue weighted by Crippen LogP contribution is -2.14. The van der Waals surface area contributed by atoms with Crippen LogP contribution in [0, 0.1) is 13.8 Å². The van der Waals surface area contributed by atoms with Gasteiger partial charge in [0.2, 0.25) is 5.76 Å². The second kappa shape index (κ2) is 4.96. The molecule has 0 aliphatic rings. The molecule has 18 heavy (non-hydrogen) atoms. The molecule has 5 nitrogen and oxygen atoms in total. The number of hydrogen-bond donors (Lipinski definition) is 1. The van der Waals surface area contributed by atoms with Gasteiger partial charge in [0, 0.05) is 0 Å². The average Bonchev–Trinajstić information content (AvgIpc) is 2.69. The van der Waals surface area contributed by atoms with E-state index in [0.717, 1.165) is 0 Å². The maximum absolute atomic E-state index is 11.9. The zero-order valence-electron chi connectivity index (χ0n) is 9.62. The molecule has 2 aromatic rings. The molecule has 0 fully saturated rings. The maximum atomic E-state index is 11.9. The first-order chi connectivity index (χ1) is 8.49. The summed E-state index contributed by atoms with van der Waals surface area (Å²) in [7, 11) is 0. The minimum Gasteiger partial charge on any atom is -0.438 e. The monoisotopic (exact) mass is 285 g/mol. The highest BCUT2D eigenvalue weighted by Crippen LogP contribution is 2.27. The van der Waals surface area contributed by atoms with Crippen LogP contribution in [0.1, 0.15) is 21.8 Å². The lowest BCUT2D eigenvalue weighted by atomic mass is 10.2. The Morgan fingerprint density at radius 3 is 2.67 bits per heavy atom. The van der Waals surface area contributed by atoms with E-state index in [0.29, 0.717) is 16.9 Å². The fourth-order valence-corrected chi connectivity index (χ4v) is 2.01. The first kappa shape index (κ1) is 12.9. The van der Waals surface area contributed by atoms with Crippen molar-refractivity contribution in [2.24, 2.45) is 0 Å². The number of rotatable bonds is 2. The summed E-state index contributed by atoms with van der Waals surface area (Å²) in [6.45, 7) is 3.44. The Morgan fingerprint density at radius 2 is 2.11 bits per heavy atom. The van der Waals surface area contributed by atoms with Gasteiger partial charge in [0.1, 0.15) is 5.15 Å². The molecule has 0 aromatic carbocycles. The van der Waals surface area contributed by atoms with Crippen LogP contribution in [-0.2, 0) is 0 Å². The smallest absolute Gasteiger partial charge is 0.293 e. The predicted molar refractivity (Wildman–Crippen MR) is 68.2 cm³/mol. The molecule has 1 N–H and O–H groups in total. The van der Waals surface area contributed by atoms with Gasteiger partial charge in [-0.3, -0.25) is 4.79 Å². The highest BCUT2D eigenvalue weighted by Gasteiger charge is 2.17. The number of hydrogen-bond acceptors (Lipinski definition) is 4. The molecule has 2 rings (SSSR count). The zero-order chi connectivity index (χ0) is 13.3. The summed E-state index contributed by atoms with van der Waals surface area (Å²) in [5.41, 5.74) is 1.62. The summed E-state index contributed by atoms with van der Waals surface area (Å²) < 4.78 is 4.99. The number of nitrogens with zero attached hydrogens (tertiary/aromatic N) is 2. The number of anilines is 1. The summed E-state index contributed by atoms with van der Waals surface area (Å²) in [6, 6.07) is 1.61. The number of nitrogens with one attached hydrogen (secondary N) is 1. The highest BCUT2D eigenvalue weighted by molar-refractivity contribution is 6.35. The van der Waals surface area contributed by atoms with Gasteiger partial charge >= 0.3 is 0 Å². The number of halogens is 2. The van der Waals surface area contributed by atoms with Crippen molar-refractivity contribution in [2.45, 2.75) is 13.8 Å². The lowest BCUT2D eigenvalue weighted by molar-refractivity contribution is 0.0995. The Labute approximate surface area is 113 Å². The van der Waals surface area contributed by atoms with Gasteiger partial charge in [0.15, 0.2) is 11.5 Å². The Morgan fingerprint density at radius 1 is 1.39 bits per heavy atom. The van der Waals surface area contributed by atoms with E-state index in [1.165, 1.54) is 6.39 Å². The van der Waals surface area contributed by atoms with Crippen molar-refractivity contribution in [2.75, 3.05) is 5.32 Å². The quantitative estimate of drug-likeness (QED) is 0.860. The van der Waals surface area contributed by atoms with Gasteiger partial charge in [-0.15, -0.1) is 0 Å². The van der Waals surface area contributed by atoms with Gasteiger partial charge in [-0.1, -0.05) is 23.2 Å². The summed E-state index contributed by atoms with van der Waals surface area (Å²) >= 11 is 11.7. The van der Waals surface area contributed by atoms with Crippen molar-refractivity contribution >= 4 is 34.8 Å². The van der Waals surface area contributed by atoms with Crippen LogP contribution >= 0.6 is 23.2 Å². The molecule has 0 atom stereocenters. The molecule has 94 valence electrons. The zero-order valence-corrected chi connectivity index (χ0v) is 11.1. The van der Waals surface area contributed by atoms with E-state index in [9.17, 15) is 4.79 Å². The molecule has 2 heterocycles. The summed E-state index contributed by atoms with van der Waals surface area (Å²) in [4.78, 5) is 19.6. The van der Waals surface area contributed by atoms with Crippen molar-refractivity contribution in [3.05, 3.63) is 39.8 Å². The number of aromatic nitrogens is 2. The van der Waals surface area contributed by atoms with Crippen LogP contribution in [-0.4, -0.2) is 15.9 Å². The second-order valence-corrected chi connectivity index (χ2v) is 4.39. The van der Waals surface area contributed by atoms with Gasteiger partial charge in [0.25, 0.3) is 5.91 Å². The van der Waals surface area contributed by atoms with E-state index in [2.05, 4.69) is 15.3 Å². The molecule has 0 aliphatic heterocycles. The number of carbonyl (C=O) groups is 1. The van der Waals surface area contributed by atoms with Crippen molar-refractivity contribution in [1.82, 2.24) is 9.97 Å². The Balaban J connectivity index is 2.31. The van der Waals surface area contributed by atoms with Crippen LogP contribution < -0.4 is 5.32 Å². The molecule has 0 saturated heterocycles. The largest absolute Gasteiger partial charge is 0.438 e. The third kappa shape index (κ3) is 2.47. The van der Waals surface area contributed by atoms with E-state index >= 15 is 0 Å². The van der Waals surface area contributed by atoms with Crippen LogP contribution in [0.25, 0.3) is 0 Å². The molecule has 0 bridgehead atoms. The summed E-state index contributed by atoms with van der Waals surface area (Å²) in [5, 5.41) is 3.02.